The quantitative estimate of drug-likeness (QED) is 0.495. The van der Waals surface area contributed by atoms with E-state index in [1.54, 1.807) is 18.2 Å². The lowest BCUT2D eigenvalue weighted by Gasteiger charge is -2.10. The lowest BCUT2D eigenvalue weighted by Crippen LogP contribution is -2.11. The predicted molar refractivity (Wildman–Crippen MR) is 108 cm³/mol. The molecule has 0 saturated heterocycles. The van der Waals surface area contributed by atoms with Gasteiger partial charge in [0, 0.05) is 21.4 Å². The molecule has 0 spiro atoms. The van der Waals surface area contributed by atoms with Gasteiger partial charge >= 0.3 is 0 Å². The van der Waals surface area contributed by atoms with Gasteiger partial charge in [-0.1, -0.05) is 44.0 Å². The second-order valence-electron chi connectivity index (χ2n) is 5.86. The zero-order valence-electron chi connectivity index (χ0n) is 15.0. The van der Waals surface area contributed by atoms with Gasteiger partial charge in [-0.25, -0.2) is 0 Å². The van der Waals surface area contributed by atoms with Gasteiger partial charge in [0.2, 0.25) is 5.78 Å². The zero-order valence-corrected chi connectivity index (χ0v) is 18.1. The number of Topliss-reactive ketones (excluding diaryl/α,β-unsaturated/α-hetero) is 3. The number of ketones is 3. The van der Waals surface area contributed by atoms with Crippen LogP contribution in [0.15, 0.2) is 45.3 Å². The Labute approximate surface area is 169 Å². The monoisotopic (exact) mass is 482 g/mol. The van der Waals surface area contributed by atoms with Crippen molar-refractivity contribution in [1.82, 2.24) is 0 Å². The Morgan fingerprint density at radius 2 is 1.38 bits per heavy atom. The van der Waals surface area contributed by atoms with Crippen LogP contribution in [0.25, 0.3) is 0 Å². The highest BCUT2D eigenvalue weighted by atomic mass is 79.9. The second kappa shape index (κ2) is 9.90. The summed E-state index contributed by atoms with van der Waals surface area (Å²) in [6.45, 7) is 6.34. The molecular formula is C20H20Br2O4. The van der Waals surface area contributed by atoms with Crippen molar-refractivity contribution in [3.05, 3.63) is 67.6 Å². The molecular weight excluding hydrogens is 464 g/mol. The van der Waals surface area contributed by atoms with E-state index in [-0.39, 0.29) is 5.78 Å². The van der Waals surface area contributed by atoms with Crippen LogP contribution in [0.4, 0.5) is 0 Å². The lowest BCUT2D eigenvalue weighted by atomic mass is 10.0. The van der Waals surface area contributed by atoms with Crippen molar-refractivity contribution < 1.29 is 19.5 Å². The van der Waals surface area contributed by atoms with E-state index >= 15 is 0 Å². The van der Waals surface area contributed by atoms with E-state index in [0.717, 1.165) is 20.1 Å². The topological polar surface area (TPSA) is 71.4 Å². The molecule has 1 atom stereocenters. The van der Waals surface area contributed by atoms with E-state index < -0.39 is 17.7 Å². The highest BCUT2D eigenvalue weighted by Gasteiger charge is 2.15. The summed E-state index contributed by atoms with van der Waals surface area (Å²) in [6, 6.07) is 10.8. The van der Waals surface area contributed by atoms with Gasteiger partial charge < -0.3 is 5.11 Å². The standard InChI is InChI=1S/C10H11BrO2.C10H9BrO2/c2*1-6-3-4-8(11)5-9(6)10(13)7(2)12/h3-5,10,13H,1-2H3;3-5H,1-2H3/t10-;/m0./s1. The summed E-state index contributed by atoms with van der Waals surface area (Å²) in [5.74, 6) is -1.10. The van der Waals surface area contributed by atoms with E-state index in [2.05, 4.69) is 31.9 Å². The van der Waals surface area contributed by atoms with Crippen molar-refractivity contribution >= 4 is 49.2 Å². The van der Waals surface area contributed by atoms with Gasteiger partial charge in [0.15, 0.2) is 11.6 Å². The number of hydrogen-bond donors (Lipinski definition) is 1. The molecule has 0 saturated carbocycles. The van der Waals surface area contributed by atoms with Crippen LogP contribution < -0.4 is 0 Å². The summed E-state index contributed by atoms with van der Waals surface area (Å²) in [6.07, 6.45) is -1.00. The Kier molecular flexibility index (Phi) is 8.53. The zero-order chi connectivity index (χ0) is 20.0. The molecule has 0 radical (unpaired) electrons. The Balaban J connectivity index is 0.000000260. The molecule has 0 amide bonds. The Hall–Kier alpha value is -1.63. The largest absolute Gasteiger partial charge is 0.381 e. The number of rotatable bonds is 4. The molecule has 0 aliphatic rings. The van der Waals surface area contributed by atoms with E-state index in [1.807, 2.05) is 32.0 Å². The number of carbonyl (C=O) groups excluding carboxylic acids is 3. The van der Waals surface area contributed by atoms with Crippen LogP contribution in [-0.2, 0) is 9.59 Å². The molecule has 0 aliphatic carbocycles. The van der Waals surface area contributed by atoms with Gasteiger partial charge in [0.1, 0.15) is 6.10 Å². The van der Waals surface area contributed by atoms with Gasteiger partial charge in [0.05, 0.1) is 0 Å². The smallest absolute Gasteiger partial charge is 0.228 e. The molecule has 0 unspecified atom stereocenters. The predicted octanol–water partition coefficient (Wildman–Crippen LogP) is 4.91. The Morgan fingerprint density at radius 3 is 1.88 bits per heavy atom. The fourth-order valence-electron chi connectivity index (χ4n) is 2.15. The van der Waals surface area contributed by atoms with Crippen molar-refractivity contribution in [3.63, 3.8) is 0 Å². The van der Waals surface area contributed by atoms with Crippen LogP contribution in [-0.4, -0.2) is 22.5 Å². The van der Waals surface area contributed by atoms with Crippen molar-refractivity contribution in [1.29, 1.82) is 0 Å². The number of aryl methyl sites for hydroxylation is 2. The van der Waals surface area contributed by atoms with E-state index in [0.29, 0.717) is 11.1 Å². The number of aliphatic hydroxyl groups is 1. The molecule has 2 rings (SSSR count). The van der Waals surface area contributed by atoms with Crippen LogP contribution in [0.3, 0.4) is 0 Å². The van der Waals surface area contributed by atoms with E-state index in [4.69, 9.17) is 0 Å². The normalized spacial score (nSPS) is 11.2. The fraction of sp³-hybridized carbons (Fsp3) is 0.250. The number of halogens is 2. The van der Waals surface area contributed by atoms with Gasteiger partial charge in [-0.15, -0.1) is 0 Å². The highest BCUT2D eigenvalue weighted by Crippen LogP contribution is 2.22. The molecule has 0 aromatic heterocycles. The molecule has 0 aliphatic heterocycles. The Morgan fingerprint density at radius 1 is 0.885 bits per heavy atom. The number of hydrogen-bond acceptors (Lipinski definition) is 4. The average Bonchev–Trinajstić information content (AvgIpc) is 2.58. The summed E-state index contributed by atoms with van der Waals surface area (Å²) in [5, 5.41) is 9.53. The minimum absolute atomic E-state index is 0.235. The van der Waals surface area contributed by atoms with Crippen molar-refractivity contribution in [3.8, 4) is 0 Å². The Bertz CT molecular complexity index is 844. The summed E-state index contributed by atoms with van der Waals surface area (Å²) >= 11 is 6.54. The molecule has 1 N–H and O–H groups in total. The number of carbonyl (C=O) groups is 3. The van der Waals surface area contributed by atoms with Crippen LogP contribution >= 0.6 is 31.9 Å². The third-order valence-corrected chi connectivity index (χ3v) is 4.67. The molecule has 4 nitrogen and oxygen atoms in total. The van der Waals surface area contributed by atoms with Gasteiger partial charge in [-0.05, 0) is 61.7 Å². The summed E-state index contributed by atoms with van der Waals surface area (Å²) in [4.78, 5) is 33.1. The first kappa shape index (κ1) is 22.4. The fourth-order valence-corrected chi connectivity index (χ4v) is 2.89. The second-order valence-corrected chi connectivity index (χ2v) is 7.69. The molecule has 2 aromatic rings. The maximum Gasteiger partial charge on any atom is 0.228 e. The van der Waals surface area contributed by atoms with Crippen molar-refractivity contribution in [2.75, 3.05) is 0 Å². The first-order chi connectivity index (χ1) is 12.0. The van der Waals surface area contributed by atoms with E-state index in [9.17, 15) is 19.5 Å². The maximum absolute atomic E-state index is 11.3. The summed E-state index contributed by atoms with van der Waals surface area (Å²) < 4.78 is 1.68. The molecule has 26 heavy (non-hydrogen) atoms. The van der Waals surface area contributed by atoms with Crippen molar-refractivity contribution in [2.45, 2.75) is 33.8 Å². The van der Waals surface area contributed by atoms with Gasteiger partial charge in [-0.3, -0.25) is 14.4 Å². The van der Waals surface area contributed by atoms with Crippen LogP contribution in [0.5, 0.6) is 0 Å². The minimum atomic E-state index is -1.00. The van der Waals surface area contributed by atoms with Crippen LogP contribution in [0, 0.1) is 13.8 Å². The molecule has 6 heteroatoms. The minimum Gasteiger partial charge on any atom is -0.381 e. The summed E-state index contributed by atoms with van der Waals surface area (Å²) in [7, 11) is 0. The van der Waals surface area contributed by atoms with Crippen molar-refractivity contribution in [2.24, 2.45) is 0 Å². The van der Waals surface area contributed by atoms with Crippen LogP contribution in [0.2, 0.25) is 0 Å². The van der Waals surface area contributed by atoms with E-state index in [1.165, 1.54) is 13.8 Å². The van der Waals surface area contributed by atoms with Crippen LogP contribution in [0.1, 0.15) is 47.0 Å². The molecule has 0 heterocycles. The van der Waals surface area contributed by atoms with Gasteiger partial charge in [-0.2, -0.15) is 0 Å². The highest BCUT2D eigenvalue weighted by molar-refractivity contribution is 9.10. The summed E-state index contributed by atoms with van der Waals surface area (Å²) in [5.41, 5.74) is 2.89. The van der Waals surface area contributed by atoms with Gasteiger partial charge in [0.25, 0.3) is 0 Å². The average molecular weight is 484 g/mol. The molecule has 138 valence electrons. The number of benzene rings is 2. The third-order valence-electron chi connectivity index (χ3n) is 3.68. The maximum atomic E-state index is 11.3. The lowest BCUT2D eigenvalue weighted by molar-refractivity contribution is -0.125. The first-order valence-electron chi connectivity index (χ1n) is 7.80. The SMILES string of the molecule is CC(=O)C(=O)c1cc(Br)ccc1C.CC(=O)[C@H](O)c1cc(Br)ccc1C. The first-order valence-corrected chi connectivity index (χ1v) is 9.39. The molecule has 2 aromatic carbocycles. The molecule has 0 bridgehead atoms. The third kappa shape index (κ3) is 6.27. The number of aliphatic hydroxyl groups excluding tert-OH is 1. The molecule has 0 fully saturated rings.